The SMILES string of the molecule is CCC(NC(=O)c1cncc(NN)n1)c1ncc[nH]1. The zero-order valence-corrected chi connectivity index (χ0v) is 10.4. The minimum atomic E-state index is -0.326. The standard InChI is InChI=1S/C11H15N7O/c1-2-7(10-14-3-4-15-10)17-11(19)8-5-13-6-9(16-8)18-12/h3-7H,2,12H2,1H3,(H,14,15)(H,16,18)(H,17,19). The molecule has 5 N–H and O–H groups in total. The minimum absolute atomic E-state index is 0.195. The second-order valence-electron chi connectivity index (χ2n) is 3.84. The largest absolute Gasteiger partial charge is 0.347 e. The van der Waals surface area contributed by atoms with Crippen molar-refractivity contribution >= 4 is 11.7 Å². The lowest BCUT2D eigenvalue weighted by Gasteiger charge is -2.14. The van der Waals surface area contributed by atoms with Crippen molar-refractivity contribution in [3.05, 3.63) is 36.3 Å². The van der Waals surface area contributed by atoms with E-state index >= 15 is 0 Å². The maximum absolute atomic E-state index is 12.1. The van der Waals surface area contributed by atoms with Gasteiger partial charge in [0.25, 0.3) is 5.91 Å². The van der Waals surface area contributed by atoms with Crippen molar-refractivity contribution in [3.63, 3.8) is 0 Å². The van der Waals surface area contributed by atoms with E-state index in [0.29, 0.717) is 18.1 Å². The summed E-state index contributed by atoms with van der Waals surface area (Å²) >= 11 is 0. The van der Waals surface area contributed by atoms with Gasteiger partial charge < -0.3 is 15.7 Å². The van der Waals surface area contributed by atoms with Crippen LogP contribution >= 0.6 is 0 Å². The molecule has 0 saturated carbocycles. The predicted molar refractivity (Wildman–Crippen MR) is 68.9 cm³/mol. The van der Waals surface area contributed by atoms with Crippen LogP contribution in [0.4, 0.5) is 5.82 Å². The van der Waals surface area contributed by atoms with E-state index in [1.807, 2.05) is 6.92 Å². The van der Waals surface area contributed by atoms with Gasteiger partial charge in [-0.1, -0.05) is 6.92 Å². The summed E-state index contributed by atoms with van der Waals surface area (Å²) in [4.78, 5) is 27.1. The lowest BCUT2D eigenvalue weighted by molar-refractivity contribution is 0.0928. The number of H-pyrrole nitrogens is 1. The molecule has 0 bridgehead atoms. The highest BCUT2D eigenvalue weighted by Crippen LogP contribution is 2.12. The molecule has 2 aromatic heterocycles. The van der Waals surface area contributed by atoms with E-state index in [0.717, 1.165) is 0 Å². The van der Waals surface area contributed by atoms with Crippen LogP contribution in [0.2, 0.25) is 0 Å². The Morgan fingerprint density at radius 3 is 3.00 bits per heavy atom. The van der Waals surface area contributed by atoms with Crippen LogP contribution in [0.5, 0.6) is 0 Å². The number of hydrogen-bond donors (Lipinski definition) is 4. The molecule has 2 aromatic rings. The summed E-state index contributed by atoms with van der Waals surface area (Å²) in [5.41, 5.74) is 2.54. The number of carbonyl (C=O) groups is 1. The first kappa shape index (κ1) is 13.0. The van der Waals surface area contributed by atoms with Gasteiger partial charge in [-0.05, 0) is 6.42 Å². The first-order valence-corrected chi connectivity index (χ1v) is 5.83. The number of nitrogens with one attached hydrogen (secondary N) is 3. The van der Waals surface area contributed by atoms with Gasteiger partial charge in [0.1, 0.15) is 11.5 Å². The zero-order chi connectivity index (χ0) is 13.7. The number of nitrogen functional groups attached to an aromatic ring is 1. The van der Waals surface area contributed by atoms with E-state index in [4.69, 9.17) is 5.84 Å². The van der Waals surface area contributed by atoms with E-state index in [-0.39, 0.29) is 17.6 Å². The zero-order valence-electron chi connectivity index (χ0n) is 10.4. The first-order valence-electron chi connectivity index (χ1n) is 5.83. The molecule has 1 amide bonds. The Morgan fingerprint density at radius 2 is 2.37 bits per heavy atom. The van der Waals surface area contributed by atoms with Crippen molar-refractivity contribution in [3.8, 4) is 0 Å². The quantitative estimate of drug-likeness (QED) is 0.455. The van der Waals surface area contributed by atoms with E-state index in [9.17, 15) is 4.79 Å². The average Bonchev–Trinajstić information content (AvgIpc) is 2.98. The molecular weight excluding hydrogens is 246 g/mol. The van der Waals surface area contributed by atoms with Crippen molar-refractivity contribution < 1.29 is 4.79 Å². The third-order valence-corrected chi connectivity index (χ3v) is 2.58. The van der Waals surface area contributed by atoms with E-state index in [1.54, 1.807) is 12.4 Å². The van der Waals surface area contributed by atoms with Gasteiger partial charge in [-0.25, -0.2) is 15.8 Å². The Bertz CT molecular complexity index is 540. The fraction of sp³-hybridized carbons (Fsp3) is 0.273. The number of anilines is 1. The molecule has 0 saturated heterocycles. The summed E-state index contributed by atoms with van der Waals surface area (Å²) < 4.78 is 0. The molecule has 0 fully saturated rings. The maximum atomic E-state index is 12.1. The average molecular weight is 261 g/mol. The Balaban J connectivity index is 2.11. The highest BCUT2D eigenvalue weighted by Gasteiger charge is 2.17. The molecule has 0 aliphatic carbocycles. The summed E-state index contributed by atoms with van der Waals surface area (Å²) in [5, 5.41) is 2.83. The van der Waals surface area contributed by atoms with Gasteiger partial charge in [-0.15, -0.1) is 0 Å². The van der Waals surface area contributed by atoms with Crippen molar-refractivity contribution in [1.82, 2.24) is 25.3 Å². The molecule has 0 aliphatic rings. The van der Waals surface area contributed by atoms with Crippen molar-refractivity contribution in [2.45, 2.75) is 19.4 Å². The second-order valence-corrected chi connectivity index (χ2v) is 3.84. The van der Waals surface area contributed by atoms with E-state index < -0.39 is 0 Å². The highest BCUT2D eigenvalue weighted by molar-refractivity contribution is 5.92. The highest BCUT2D eigenvalue weighted by atomic mass is 16.2. The number of carbonyl (C=O) groups excluding carboxylic acids is 1. The summed E-state index contributed by atoms with van der Waals surface area (Å²) in [7, 11) is 0. The smallest absolute Gasteiger partial charge is 0.272 e. The number of aromatic amines is 1. The molecule has 0 aromatic carbocycles. The fourth-order valence-electron chi connectivity index (χ4n) is 1.61. The summed E-state index contributed by atoms with van der Waals surface area (Å²) in [6.45, 7) is 1.96. The normalized spacial score (nSPS) is 11.9. The fourth-order valence-corrected chi connectivity index (χ4v) is 1.61. The number of hydrogen-bond acceptors (Lipinski definition) is 6. The van der Waals surface area contributed by atoms with Crippen LogP contribution in [0.1, 0.15) is 35.7 Å². The number of aromatic nitrogens is 4. The lowest BCUT2D eigenvalue weighted by atomic mass is 10.2. The van der Waals surface area contributed by atoms with Crippen LogP contribution in [-0.4, -0.2) is 25.8 Å². The molecular formula is C11H15N7O. The van der Waals surface area contributed by atoms with Crippen LogP contribution in [0.25, 0.3) is 0 Å². The van der Waals surface area contributed by atoms with Gasteiger partial charge in [0.2, 0.25) is 0 Å². The number of imidazole rings is 1. The summed E-state index contributed by atoms with van der Waals surface area (Å²) in [5.74, 6) is 5.94. The van der Waals surface area contributed by atoms with E-state index in [2.05, 4.69) is 30.7 Å². The molecule has 0 spiro atoms. The molecule has 1 atom stereocenters. The van der Waals surface area contributed by atoms with Crippen molar-refractivity contribution in [2.75, 3.05) is 5.43 Å². The predicted octanol–water partition coefficient (Wildman–Crippen LogP) is 0.366. The number of nitrogens with two attached hydrogens (primary N) is 1. The number of nitrogens with zero attached hydrogens (tertiary/aromatic N) is 3. The molecule has 2 rings (SSSR count). The van der Waals surface area contributed by atoms with Gasteiger partial charge in [-0.3, -0.25) is 9.78 Å². The van der Waals surface area contributed by atoms with E-state index in [1.165, 1.54) is 12.4 Å². The Kier molecular flexibility index (Phi) is 4.04. The number of rotatable bonds is 5. The molecule has 0 radical (unpaired) electrons. The Morgan fingerprint density at radius 1 is 1.53 bits per heavy atom. The molecule has 0 aliphatic heterocycles. The van der Waals surface area contributed by atoms with Gasteiger partial charge in [0.15, 0.2) is 5.82 Å². The Labute approximate surface area is 109 Å². The van der Waals surface area contributed by atoms with Crippen molar-refractivity contribution in [2.24, 2.45) is 5.84 Å². The van der Waals surface area contributed by atoms with Crippen LogP contribution in [-0.2, 0) is 0 Å². The van der Waals surface area contributed by atoms with Gasteiger partial charge in [-0.2, -0.15) is 0 Å². The third-order valence-electron chi connectivity index (χ3n) is 2.58. The molecule has 8 nitrogen and oxygen atoms in total. The minimum Gasteiger partial charge on any atom is -0.347 e. The van der Waals surface area contributed by atoms with Crippen LogP contribution in [0.3, 0.4) is 0 Å². The van der Waals surface area contributed by atoms with Crippen molar-refractivity contribution in [1.29, 1.82) is 0 Å². The van der Waals surface area contributed by atoms with Crippen LogP contribution in [0, 0.1) is 0 Å². The first-order chi connectivity index (χ1) is 9.24. The third kappa shape index (κ3) is 3.05. The summed E-state index contributed by atoms with van der Waals surface area (Å²) in [6, 6.07) is -0.196. The van der Waals surface area contributed by atoms with Crippen LogP contribution in [0.15, 0.2) is 24.8 Å². The molecule has 1 unspecified atom stereocenters. The second kappa shape index (κ2) is 5.91. The number of hydrazine groups is 1. The van der Waals surface area contributed by atoms with Gasteiger partial charge in [0, 0.05) is 12.4 Å². The summed E-state index contributed by atoms with van der Waals surface area (Å²) in [6.07, 6.45) is 6.87. The molecule has 8 heteroatoms. The molecule has 19 heavy (non-hydrogen) atoms. The van der Waals surface area contributed by atoms with Gasteiger partial charge >= 0.3 is 0 Å². The van der Waals surface area contributed by atoms with Crippen LogP contribution < -0.4 is 16.6 Å². The molecule has 2 heterocycles. The van der Waals surface area contributed by atoms with Gasteiger partial charge in [0.05, 0.1) is 18.4 Å². The topological polar surface area (TPSA) is 122 Å². The monoisotopic (exact) mass is 261 g/mol. The lowest BCUT2D eigenvalue weighted by Crippen LogP contribution is -2.30. The molecule has 100 valence electrons. The Hall–Kier alpha value is -2.48. The maximum Gasteiger partial charge on any atom is 0.272 e. The number of amides is 1.